The van der Waals surface area contributed by atoms with E-state index in [9.17, 15) is 19.2 Å². The van der Waals surface area contributed by atoms with E-state index < -0.39 is 11.3 Å². The van der Waals surface area contributed by atoms with Gasteiger partial charge in [0, 0.05) is 43.2 Å². The molecule has 3 rings (SSSR count). The van der Waals surface area contributed by atoms with Crippen LogP contribution in [0.5, 0.6) is 0 Å². The Morgan fingerprint density at radius 3 is 2.27 bits per heavy atom. The molecule has 1 saturated heterocycles. The van der Waals surface area contributed by atoms with Crippen LogP contribution in [0.3, 0.4) is 0 Å². The molecule has 2 fully saturated rings. The summed E-state index contributed by atoms with van der Waals surface area (Å²) in [5.74, 6) is 4.93. The molecule has 1 amide bonds. The number of benzene rings is 1. The summed E-state index contributed by atoms with van der Waals surface area (Å²) in [7, 11) is 0. The van der Waals surface area contributed by atoms with E-state index in [1.54, 1.807) is 18.7 Å². The maximum Gasteiger partial charge on any atom is 0.223 e. The van der Waals surface area contributed by atoms with Crippen molar-refractivity contribution in [3.63, 3.8) is 0 Å². The first-order valence-electron chi connectivity index (χ1n) is 10.6. The van der Waals surface area contributed by atoms with E-state index in [2.05, 4.69) is 11.8 Å². The van der Waals surface area contributed by atoms with Crippen LogP contribution in [0.2, 0.25) is 0 Å². The molecule has 2 aliphatic rings. The van der Waals surface area contributed by atoms with E-state index in [0.29, 0.717) is 19.4 Å². The van der Waals surface area contributed by atoms with E-state index in [0.717, 1.165) is 22.3 Å². The SMILES string of the molecule is CC#Cc1cc(C)c(C2C(=O)CC3(CCC(=O)N(CC(=O)CC)C3)CC2=O)c(C)c1. The van der Waals surface area contributed by atoms with E-state index >= 15 is 0 Å². The lowest BCUT2D eigenvalue weighted by Gasteiger charge is -2.45. The summed E-state index contributed by atoms with van der Waals surface area (Å²) in [6, 6.07) is 3.86. The number of ketones is 3. The molecule has 0 N–H and O–H groups in total. The first kappa shape index (κ1) is 22.0. The van der Waals surface area contributed by atoms with Gasteiger partial charge in [-0.1, -0.05) is 12.8 Å². The molecule has 1 aliphatic heterocycles. The van der Waals surface area contributed by atoms with Gasteiger partial charge in [-0.25, -0.2) is 0 Å². The number of Topliss-reactive ketones (excluding diaryl/α,β-unsaturated/α-hetero) is 3. The number of aryl methyl sites for hydroxylation is 2. The molecule has 1 aromatic carbocycles. The lowest BCUT2D eigenvalue weighted by atomic mass is 9.63. The fourth-order valence-corrected chi connectivity index (χ4v) is 5.01. The average Bonchev–Trinajstić information content (AvgIpc) is 2.66. The lowest BCUT2D eigenvalue weighted by Crippen LogP contribution is -2.52. The minimum Gasteiger partial charge on any atom is -0.335 e. The molecular weight excluding hydrogens is 378 g/mol. The number of amides is 1. The number of hydrogen-bond donors (Lipinski definition) is 0. The van der Waals surface area contributed by atoms with Gasteiger partial charge in [0.15, 0.2) is 5.78 Å². The Hall–Kier alpha value is -2.74. The molecule has 1 heterocycles. The second kappa shape index (κ2) is 8.55. The second-order valence-electron chi connectivity index (χ2n) is 8.76. The summed E-state index contributed by atoms with van der Waals surface area (Å²) in [6.45, 7) is 7.77. The molecule has 0 aromatic heterocycles. The summed E-state index contributed by atoms with van der Waals surface area (Å²) >= 11 is 0. The normalized spacial score (nSPS) is 24.1. The van der Waals surface area contributed by atoms with E-state index in [4.69, 9.17) is 0 Å². The number of piperidine rings is 1. The van der Waals surface area contributed by atoms with Gasteiger partial charge in [0.1, 0.15) is 17.5 Å². The molecule has 1 aliphatic carbocycles. The summed E-state index contributed by atoms with van der Waals surface area (Å²) in [4.78, 5) is 52.2. The van der Waals surface area contributed by atoms with Crippen LogP contribution < -0.4 is 0 Å². The Labute approximate surface area is 178 Å². The highest BCUT2D eigenvalue weighted by Gasteiger charge is 2.49. The van der Waals surface area contributed by atoms with Gasteiger partial charge in [-0.15, -0.1) is 5.92 Å². The zero-order valence-corrected chi connectivity index (χ0v) is 18.3. The van der Waals surface area contributed by atoms with Crippen molar-refractivity contribution in [2.75, 3.05) is 13.1 Å². The van der Waals surface area contributed by atoms with Crippen molar-refractivity contribution >= 4 is 23.3 Å². The quantitative estimate of drug-likeness (QED) is 0.567. The monoisotopic (exact) mass is 407 g/mol. The third-order valence-electron chi connectivity index (χ3n) is 6.40. The lowest BCUT2D eigenvalue weighted by molar-refractivity contribution is -0.148. The summed E-state index contributed by atoms with van der Waals surface area (Å²) in [5, 5.41) is 0. The number of likely N-dealkylation sites (tertiary alicyclic amines) is 1. The predicted octanol–water partition coefficient (Wildman–Crippen LogP) is 3.28. The van der Waals surface area contributed by atoms with Crippen LogP contribution in [0.15, 0.2) is 12.1 Å². The van der Waals surface area contributed by atoms with Gasteiger partial charge in [0.2, 0.25) is 5.91 Å². The molecule has 1 aromatic rings. The zero-order valence-electron chi connectivity index (χ0n) is 18.3. The molecule has 5 nitrogen and oxygen atoms in total. The summed E-state index contributed by atoms with van der Waals surface area (Å²) in [5.41, 5.74) is 2.95. The van der Waals surface area contributed by atoms with Crippen molar-refractivity contribution in [3.05, 3.63) is 34.4 Å². The second-order valence-corrected chi connectivity index (χ2v) is 8.76. The van der Waals surface area contributed by atoms with Gasteiger partial charge in [-0.05, 0) is 56.0 Å². The highest BCUT2D eigenvalue weighted by Crippen LogP contribution is 2.45. The van der Waals surface area contributed by atoms with Crippen LogP contribution in [0.1, 0.15) is 74.1 Å². The third kappa shape index (κ3) is 4.23. The van der Waals surface area contributed by atoms with Crippen LogP contribution in [0, 0.1) is 31.1 Å². The highest BCUT2D eigenvalue weighted by molar-refractivity contribution is 6.10. The van der Waals surface area contributed by atoms with Crippen molar-refractivity contribution < 1.29 is 19.2 Å². The summed E-state index contributed by atoms with van der Waals surface area (Å²) in [6.07, 6.45) is 1.71. The van der Waals surface area contributed by atoms with E-state index in [1.807, 2.05) is 26.0 Å². The minimum absolute atomic E-state index is 0.00624. The fraction of sp³-hybridized carbons (Fsp3) is 0.520. The van der Waals surface area contributed by atoms with E-state index in [1.165, 1.54) is 0 Å². The molecule has 0 atom stereocenters. The summed E-state index contributed by atoms with van der Waals surface area (Å²) < 4.78 is 0. The minimum atomic E-state index is -0.748. The molecule has 158 valence electrons. The number of carbonyl (C=O) groups excluding carboxylic acids is 4. The van der Waals surface area contributed by atoms with Crippen molar-refractivity contribution in [3.8, 4) is 11.8 Å². The van der Waals surface area contributed by atoms with Gasteiger partial charge in [-0.2, -0.15) is 0 Å². The smallest absolute Gasteiger partial charge is 0.223 e. The Morgan fingerprint density at radius 2 is 1.73 bits per heavy atom. The van der Waals surface area contributed by atoms with Crippen LogP contribution in [-0.2, 0) is 19.2 Å². The molecule has 1 spiro atoms. The van der Waals surface area contributed by atoms with Crippen LogP contribution in [0.4, 0.5) is 0 Å². The predicted molar refractivity (Wildman–Crippen MR) is 114 cm³/mol. The van der Waals surface area contributed by atoms with Crippen molar-refractivity contribution in [1.29, 1.82) is 0 Å². The van der Waals surface area contributed by atoms with Crippen molar-refractivity contribution in [2.24, 2.45) is 5.41 Å². The Balaban J connectivity index is 1.86. The maximum atomic E-state index is 13.2. The van der Waals surface area contributed by atoms with Gasteiger partial charge in [0.05, 0.1) is 6.54 Å². The molecule has 30 heavy (non-hydrogen) atoms. The standard InChI is InChI=1S/C25H29NO4/c1-5-7-18-10-16(3)23(17(4)11-18)24-20(28)12-25(13-21(24)29)9-8-22(30)26(15-25)14-19(27)6-2/h10-11,24H,6,8-9,12-15H2,1-4H3. The molecular formula is C25H29NO4. The molecule has 0 unspecified atom stereocenters. The third-order valence-corrected chi connectivity index (χ3v) is 6.40. The van der Waals surface area contributed by atoms with Crippen molar-refractivity contribution in [2.45, 2.75) is 65.7 Å². The van der Waals surface area contributed by atoms with Crippen LogP contribution in [-0.4, -0.2) is 41.2 Å². The number of carbonyl (C=O) groups is 4. The van der Waals surface area contributed by atoms with Gasteiger partial charge in [-0.3, -0.25) is 19.2 Å². The molecule has 0 bridgehead atoms. The first-order valence-corrected chi connectivity index (χ1v) is 10.6. The Bertz CT molecular complexity index is 938. The van der Waals surface area contributed by atoms with Crippen LogP contribution in [0.25, 0.3) is 0 Å². The van der Waals surface area contributed by atoms with E-state index in [-0.39, 0.29) is 49.1 Å². The Kier molecular flexibility index (Phi) is 6.26. The molecule has 5 heteroatoms. The van der Waals surface area contributed by atoms with Gasteiger partial charge in [0.25, 0.3) is 0 Å². The first-order chi connectivity index (χ1) is 14.2. The Morgan fingerprint density at radius 1 is 1.13 bits per heavy atom. The topological polar surface area (TPSA) is 71.5 Å². The maximum absolute atomic E-state index is 13.2. The molecule has 0 radical (unpaired) electrons. The number of nitrogens with zero attached hydrogens (tertiary/aromatic N) is 1. The van der Waals surface area contributed by atoms with Gasteiger partial charge >= 0.3 is 0 Å². The average molecular weight is 408 g/mol. The largest absolute Gasteiger partial charge is 0.335 e. The fourth-order valence-electron chi connectivity index (χ4n) is 5.01. The number of rotatable bonds is 4. The van der Waals surface area contributed by atoms with Gasteiger partial charge < -0.3 is 4.90 Å². The highest BCUT2D eigenvalue weighted by atomic mass is 16.2. The van der Waals surface area contributed by atoms with Crippen molar-refractivity contribution in [1.82, 2.24) is 4.90 Å². The zero-order chi connectivity index (χ0) is 22.1. The van der Waals surface area contributed by atoms with Crippen LogP contribution >= 0.6 is 0 Å². The number of hydrogen-bond acceptors (Lipinski definition) is 4. The molecule has 1 saturated carbocycles.